The monoisotopic (exact) mass is 311 g/mol. The van der Waals surface area contributed by atoms with Gasteiger partial charge in [-0.15, -0.1) is 0 Å². The zero-order valence-electron chi connectivity index (χ0n) is 12.9. The molecular formula is C17H17N3O3. The van der Waals surface area contributed by atoms with E-state index in [1.807, 2.05) is 6.92 Å². The fourth-order valence-electron chi connectivity index (χ4n) is 2.51. The van der Waals surface area contributed by atoms with Gasteiger partial charge in [0.25, 0.3) is 5.91 Å². The number of phenolic OH excluding ortho intramolecular Hbond substituents is 1. The number of aromatic nitrogens is 2. The van der Waals surface area contributed by atoms with Crippen LogP contribution in [-0.2, 0) is 6.42 Å². The molecule has 0 fully saturated rings. The van der Waals surface area contributed by atoms with Crippen LogP contribution in [0.3, 0.4) is 0 Å². The number of ether oxygens (including phenoxy) is 1. The number of nitrogens with zero attached hydrogens (tertiary/aromatic N) is 2. The van der Waals surface area contributed by atoms with Crippen molar-refractivity contribution in [1.82, 2.24) is 9.38 Å². The Hall–Kier alpha value is -3.02. The zero-order valence-corrected chi connectivity index (χ0v) is 12.9. The van der Waals surface area contributed by atoms with Crippen LogP contribution in [-0.4, -0.2) is 27.5 Å². The van der Waals surface area contributed by atoms with Gasteiger partial charge >= 0.3 is 0 Å². The molecule has 0 aliphatic carbocycles. The molecule has 6 nitrogen and oxygen atoms in total. The number of hydrogen-bond donors (Lipinski definition) is 2. The highest BCUT2D eigenvalue weighted by Crippen LogP contribution is 2.23. The summed E-state index contributed by atoms with van der Waals surface area (Å²) in [4.78, 5) is 17.2. The summed E-state index contributed by atoms with van der Waals surface area (Å²) in [6, 6.07) is 10.0. The maximum absolute atomic E-state index is 12.7. The summed E-state index contributed by atoms with van der Waals surface area (Å²) in [5, 5.41) is 12.3. The molecule has 0 unspecified atom stereocenters. The predicted octanol–water partition coefficient (Wildman–Crippen LogP) is 2.86. The van der Waals surface area contributed by atoms with Crippen molar-refractivity contribution >= 4 is 17.2 Å². The smallest absolute Gasteiger partial charge is 0.274 e. The minimum atomic E-state index is -0.284. The summed E-state index contributed by atoms with van der Waals surface area (Å²) >= 11 is 0. The maximum atomic E-state index is 12.7. The number of aromatic hydroxyl groups is 1. The topological polar surface area (TPSA) is 75.9 Å². The largest absolute Gasteiger partial charge is 0.508 e. The van der Waals surface area contributed by atoms with E-state index < -0.39 is 0 Å². The lowest BCUT2D eigenvalue weighted by Crippen LogP contribution is -2.16. The van der Waals surface area contributed by atoms with Crippen LogP contribution < -0.4 is 10.1 Å². The number of pyridine rings is 1. The lowest BCUT2D eigenvalue weighted by Gasteiger charge is -2.07. The number of imidazole rings is 1. The molecule has 0 saturated heterocycles. The molecule has 6 heteroatoms. The summed E-state index contributed by atoms with van der Waals surface area (Å²) in [7, 11) is 1.57. The third-order valence-corrected chi connectivity index (χ3v) is 3.56. The van der Waals surface area contributed by atoms with Gasteiger partial charge in [-0.2, -0.15) is 0 Å². The molecule has 0 spiro atoms. The number of anilines is 1. The Morgan fingerprint density at radius 1 is 1.35 bits per heavy atom. The van der Waals surface area contributed by atoms with Gasteiger partial charge in [-0.3, -0.25) is 9.20 Å². The van der Waals surface area contributed by atoms with Gasteiger partial charge in [0.1, 0.15) is 11.4 Å². The molecule has 3 rings (SSSR count). The van der Waals surface area contributed by atoms with Crippen molar-refractivity contribution in [1.29, 1.82) is 0 Å². The van der Waals surface area contributed by atoms with E-state index in [0.29, 0.717) is 34.9 Å². The van der Waals surface area contributed by atoms with Crippen LogP contribution in [0.5, 0.6) is 11.5 Å². The van der Waals surface area contributed by atoms with Crippen LogP contribution in [0.1, 0.15) is 23.1 Å². The number of hydrogen-bond acceptors (Lipinski definition) is 4. The molecule has 23 heavy (non-hydrogen) atoms. The summed E-state index contributed by atoms with van der Waals surface area (Å²) in [5.41, 5.74) is 2.28. The summed E-state index contributed by atoms with van der Waals surface area (Å²) in [5.74, 6) is 0.421. The number of carbonyl (C=O) groups is 1. The molecule has 3 aromatic rings. The van der Waals surface area contributed by atoms with E-state index in [4.69, 9.17) is 4.74 Å². The van der Waals surface area contributed by atoms with E-state index in [9.17, 15) is 9.90 Å². The molecule has 118 valence electrons. The molecule has 1 amide bonds. The summed E-state index contributed by atoms with van der Waals surface area (Å²) in [6.45, 7) is 1.94. The number of carbonyl (C=O) groups excluding carboxylic acids is 1. The number of benzene rings is 1. The van der Waals surface area contributed by atoms with Gasteiger partial charge in [-0.05, 0) is 30.7 Å². The fourth-order valence-corrected chi connectivity index (χ4v) is 2.51. The summed E-state index contributed by atoms with van der Waals surface area (Å²) in [6.07, 6.45) is 2.40. The third-order valence-electron chi connectivity index (χ3n) is 3.56. The second-order valence-electron chi connectivity index (χ2n) is 5.04. The highest BCUT2D eigenvalue weighted by molar-refractivity contribution is 6.04. The molecule has 2 aromatic heterocycles. The van der Waals surface area contributed by atoms with Gasteiger partial charge in [-0.1, -0.05) is 13.0 Å². The first-order valence-electron chi connectivity index (χ1n) is 7.28. The second-order valence-corrected chi connectivity index (χ2v) is 5.04. The van der Waals surface area contributed by atoms with Crippen molar-refractivity contribution in [2.24, 2.45) is 0 Å². The molecule has 2 N–H and O–H groups in total. The van der Waals surface area contributed by atoms with Gasteiger partial charge < -0.3 is 15.2 Å². The van der Waals surface area contributed by atoms with Crippen LogP contribution in [0.15, 0.2) is 42.6 Å². The van der Waals surface area contributed by atoms with Gasteiger partial charge in [0.05, 0.1) is 12.8 Å². The first-order chi connectivity index (χ1) is 11.1. The van der Waals surface area contributed by atoms with E-state index in [2.05, 4.69) is 10.3 Å². The van der Waals surface area contributed by atoms with Crippen LogP contribution in [0.25, 0.3) is 5.65 Å². The Morgan fingerprint density at radius 3 is 2.87 bits per heavy atom. The molecule has 0 aliphatic rings. The minimum Gasteiger partial charge on any atom is -0.508 e. The van der Waals surface area contributed by atoms with E-state index in [-0.39, 0.29) is 11.7 Å². The molecular weight excluding hydrogens is 294 g/mol. The number of methoxy groups -OCH3 is 1. The molecule has 0 bridgehead atoms. The number of aryl methyl sites for hydroxylation is 1. The van der Waals surface area contributed by atoms with Crippen LogP contribution >= 0.6 is 0 Å². The van der Waals surface area contributed by atoms with Crippen molar-refractivity contribution in [2.45, 2.75) is 13.3 Å². The molecule has 1 aromatic carbocycles. The SMILES string of the molecule is CCc1nc2c(OC)cccn2c1C(=O)Nc1cccc(O)c1. The lowest BCUT2D eigenvalue weighted by molar-refractivity contribution is 0.102. The second kappa shape index (κ2) is 6.00. The zero-order chi connectivity index (χ0) is 16.4. The van der Waals surface area contributed by atoms with Crippen LogP contribution in [0, 0.1) is 0 Å². The van der Waals surface area contributed by atoms with Gasteiger partial charge in [0.15, 0.2) is 11.4 Å². The number of rotatable bonds is 4. The average Bonchev–Trinajstić information content (AvgIpc) is 2.93. The van der Waals surface area contributed by atoms with Crippen LogP contribution in [0.2, 0.25) is 0 Å². The Kier molecular flexibility index (Phi) is 3.89. The van der Waals surface area contributed by atoms with E-state index in [1.54, 1.807) is 48.0 Å². The fraction of sp³-hybridized carbons (Fsp3) is 0.176. The standard InChI is InChI=1S/C17H17N3O3/c1-3-13-15(17(22)18-11-6-4-7-12(21)10-11)20-9-5-8-14(23-2)16(20)19-13/h4-10,21H,3H2,1-2H3,(H,18,22). The normalized spacial score (nSPS) is 10.7. The number of amides is 1. The first-order valence-corrected chi connectivity index (χ1v) is 7.28. The molecule has 0 atom stereocenters. The molecule has 2 heterocycles. The Bertz CT molecular complexity index is 871. The van der Waals surface area contributed by atoms with Crippen molar-refractivity contribution in [2.75, 3.05) is 12.4 Å². The highest BCUT2D eigenvalue weighted by atomic mass is 16.5. The first kappa shape index (κ1) is 14.9. The molecule has 0 radical (unpaired) electrons. The predicted molar refractivity (Wildman–Crippen MR) is 87.2 cm³/mol. The van der Waals surface area contributed by atoms with E-state index in [1.165, 1.54) is 6.07 Å². The number of fused-ring (bicyclic) bond motifs is 1. The lowest BCUT2D eigenvalue weighted by atomic mass is 10.2. The van der Waals surface area contributed by atoms with Crippen molar-refractivity contribution in [3.8, 4) is 11.5 Å². The van der Waals surface area contributed by atoms with Gasteiger partial charge in [0.2, 0.25) is 0 Å². The minimum absolute atomic E-state index is 0.0957. The quantitative estimate of drug-likeness (QED) is 0.777. The Balaban J connectivity index is 2.06. The Morgan fingerprint density at radius 2 is 2.17 bits per heavy atom. The average molecular weight is 311 g/mol. The van der Waals surface area contributed by atoms with Crippen molar-refractivity contribution in [3.63, 3.8) is 0 Å². The van der Waals surface area contributed by atoms with Crippen molar-refractivity contribution in [3.05, 3.63) is 54.0 Å². The van der Waals surface area contributed by atoms with Gasteiger partial charge in [0, 0.05) is 18.0 Å². The Labute approximate surface area is 133 Å². The van der Waals surface area contributed by atoms with E-state index in [0.717, 1.165) is 0 Å². The molecule has 0 aliphatic heterocycles. The number of nitrogens with one attached hydrogen (secondary N) is 1. The maximum Gasteiger partial charge on any atom is 0.274 e. The van der Waals surface area contributed by atoms with Gasteiger partial charge in [-0.25, -0.2) is 4.98 Å². The van der Waals surface area contributed by atoms with Crippen LogP contribution in [0.4, 0.5) is 5.69 Å². The molecule has 0 saturated carbocycles. The van der Waals surface area contributed by atoms with E-state index >= 15 is 0 Å². The number of phenols is 1. The summed E-state index contributed by atoms with van der Waals surface area (Å²) < 4.78 is 7.02. The van der Waals surface area contributed by atoms with Crippen molar-refractivity contribution < 1.29 is 14.6 Å². The highest BCUT2D eigenvalue weighted by Gasteiger charge is 2.20. The third kappa shape index (κ3) is 2.70.